The number of amides is 2. The molecule has 1 spiro atoms. The van der Waals surface area contributed by atoms with Crippen molar-refractivity contribution < 1.29 is 29.0 Å². The topological polar surface area (TPSA) is 96.4 Å². The van der Waals surface area contributed by atoms with Crippen molar-refractivity contribution in [3.8, 4) is 0 Å². The zero-order valence-corrected chi connectivity index (χ0v) is 21.2. The molecule has 1 N–H and O–H groups in total. The van der Waals surface area contributed by atoms with Gasteiger partial charge in [0.1, 0.15) is 17.6 Å². The number of cyclic esters (lactones) is 1. The van der Waals surface area contributed by atoms with Crippen molar-refractivity contribution in [1.82, 2.24) is 4.90 Å². The molecule has 4 aliphatic heterocycles. The molecule has 2 saturated heterocycles. The van der Waals surface area contributed by atoms with E-state index in [9.17, 15) is 19.5 Å². The van der Waals surface area contributed by atoms with E-state index in [1.807, 2.05) is 66.8 Å². The van der Waals surface area contributed by atoms with Gasteiger partial charge >= 0.3 is 5.97 Å². The van der Waals surface area contributed by atoms with E-state index in [1.54, 1.807) is 9.80 Å². The van der Waals surface area contributed by atoms with Gasteiger partial charge in [0.05, 0.1) is 18.6 Å². The Morgan fingerprint density at radius 2 is 1.82 bits per heavy atom. The zero-order chi connectivity index (χ0) is 26.3. The maximum absolute atomic E-state index is 14.4. The molecule has 4 aliphatic rings. The number of likely N-dealkylation sites (tertiary alicyclic amines) is 1. The van der Waals surface area contributed by atoms with Crippen molar-refractivity contribution in [1.29, 1.82) is 0 Å². The Balaban J connectivity index is 1.41. The number of benzene rings is 2. The number of aliphatic hydroxyl groups is 1. The maximum Gasteiger partial charge on any atom is 0.312 e. The molecular formula is C30H32N2O6. The summed E-state index contributed by atoms with van der Waals surface area (Å²) in [6.45, 7) is 1.00. The molecule has 5 atom stereocenters. The lowest BCUT2D eigenvalue weighted by Crippen LogP contribution is -2.55. The van der Waals surface area contributed by atoms with Crippen molar-refractivity contribution in [3.05, 3.63) is 66.8 Å². The Bertz CT molecular complexity index is 1320. The summed E-state index contributed by atoms with van der Waals surface area (Å²) in [6, 6.07) is 13.0. The first kappa shape index (κ1) is 24.8. The Hall–Kier alpha value is -3.49. The summed E-state index contributed by atoms with van der Waals surface area (Å²) >= 11 is 0. The summed E-state index contributed by atoms with van der Waals surface area (Å²) in [4.78, 5) is 44.9. The highest BCUT2D eigenvalue weighted by atomic mass is 16.6. The second-order valence-corrected chi connectivity index (χ2v) is 10.4. The minimum Gasteiger partial charge on any atom is -0.465 e. The minimum atomic E-state index is -1.26. The highest BCUT2D eigenvalue weighted by Gasteiger charge is 2.71. The number of rotatable bonds is 6. The largest absolute Gasteiger partial charge is 0.465 e. The smallest absolute Gasteiger partial charge is 0.312 e. The number of esters is 1. The van der Waals surface area contributed by atoms with E-state index < -0.39 is 35.6 Å². The summed E-state index contributed by atoms with van der Waals surface area (Å²) in [5.74, 6) is -2.59. The van der Waals surface area contributed by atoms with Gasteiger partial charge in [0.25, 0.3) is 5.91 Å². The van der Waals surface area contributed by atoms with Gasteiger partial charge < -0.3 is 24.4 Å². The third-order valence-corrected chi connectivity index (χ3v) is 8.22. The lowest BCUT2D eigenvalue weighted by molar-refractivity contribution is -0.154. The van der Waals surface area contributed by atoms with E-state index in [1.165, 1.54) is 0 Å². The van der Waals surface area contributed by atoms with Gasteiger partial charge in [0.15, 0.2) is 0 Å². The van der Waals surface area contributed by atoms with Gasteiger partial charge in [-0.2, -0.15) is 0 Å². The van der Waals surface area contributed by atoms with Crippen molar-refractivity contribution in [2.24, 2.45) is 11.8 Å². The lowest BCUT2D eigenvalue weighted by Gasteiger charge is -2.35. The lowest BCUT2D eigenvalue weighted by atomic mass is 9.77. The number of carbonyl (C=O) groups is 3. The fourth-order valence-corrected chi connectivity index (χ4v) is 6.49. The molecule has 38 heavy (non-hydrogen) atoms. The fourth-order valence-electron chi connectivity index (χ4n) is 6.49. The molecule has 0 saturated carbocycles. The molecule has 2 aromatic rings. The van der Waals surface area contributed by atoms with Crippen LogP contribution >= 0.6 is 0 Å². The van der Waals surface area contributed by atoms with E-state index in [-0.39, 0.29) is 25.0 Å². The Kier molecular flexibility index (Phi) is 6.53. The standard InChI is InChI=1S/C30H32N2O6/c33-17-6-1-5-15-32-26-28(35)31(22-13-12-20-9-2-3-10-21(20)19-22)16-8-14-30(26)25(27(32)34)24-23(38-30)11-4-7-18-37-29(24)36/h2-4,8-14,19,23-26,33H,1,5-7,15-18H2/t23-,24+,25+,26?,30+/m1/s1. The number of fused-ring (bicyclic) bond motifs is 3. The van der Waals surface area contributed by atoms with Crippen molar-refractivity contribution in [3.63, 3.8) is 0 Å². The molecule has 1 unspecified atom stereocenters. The molecule has 4 heterocycles. The number of carbonyl (C=O) groups excluding carboxylic acids is 3. The van der Waals surface area contributed by atoms with Crippen molar-refractivity contribution in [2.75, 3.05) is 31.2 Å². The van der Waals surface area contributed by atoms with E-state index >= 15 is 0 Å². The van der Waals surface area contributed by atoms with Gasteiger partial charge in [-0.15, -0.1) is 0 Å². The van der Waals surface area contributed by atoms with E-state index in [4.69, 9.17) is 9.47 Å². The highest BCUT2D eigenvalue weighted by molar-refractivity contribution is 6.06. The summed E-state index contributed by atoms with van der Waals surface area (Å²) in [5.41, 5.74) is -0.519. The van der Waals surface area contributed by atoms with Crippen LogP contribution in [0.15, 0.2) is 66.8 Å². The number of hydrogen-bond acceptors (Lipinski definition) is 6. The Morgan fingerprint density at radius 3 is 2.66 bits per heavy atom. The van der Waals surface area contributed by atoms with Crippen LogP contribution < -0.4 is 4.90 Å². The zero-order valence-electron chi connectivity index (χ0n) is 21.2. The summed E-state index contributed by atoms with van der Waals surface area (Å²) in [5, 5.41) is 11.3. The van der Waals surface area contributed by atoms with Crippen molar-refractivity contribution >= 4 is 34.2 Å². The SMILES string of the molecule is O=C1OCCC=C[C@H]2O[C@]34C=CCN(c5ccc6ccccc6c5)C(=O)C3N(CCCCCO)C(=O)[C@@H]4[C@@H]12. The van der Waals surface area contributed by atoms with Crippen LogP contribution in [-0.2, 0) is 23.9 Å². The van der Waals surface area contributed by atoms with Gasteiger partial charge in [0.2, 0.25) is 5.91 Å². The molecule has 0 aromatic heterocycles. The molecule has 8 heteroatoms. The van der Waals surface area contributed by atoms with Crippen LogP contribution in [0, 0.1) is 11.8 Å². The van der Waals surface area contributed by atoms with Crippen LogP contribution in [0.4, 0.5) is 5.69 Å². The second kappa shape index (κ2) is 10.0. The van der Waals surface area contributed by atoms with Crippen LogP contribution in [0.5, 0.6) is 0 Å². The van der Waals surface area contributed by atoms with E-state index in [0.29, 0.717) is 32.4 Å². The van der Waals surface area contributed by atoms with Crippen LogP contribution in [0.3, 0.4) is 0 Å². The Morgan fingerprint density at radius 1 is 0.974 bits per heavy atom. The average molecular weight is 517 g/mol. The van der Waals surface area contributed by atoms with Gasteiger partial charge in [-0.1, -0.05) is 54.6 Å². The summed E-state index contributed by atoms with van der Waals surface area (Å²) in [6.07, 6.45) is 9.41. The molecular weight excluding hydrogens is 484 g/mol. The minimum absolute atomic E-state index is 0.0758. The van der Waals surface area contributed by atoms with E-state index in [0.717, 1.165) is 22.9 Å². The number of hydrogen-bond donors (Lipinski definition) is 1. The number of nitrogens with zero attached hydrogens (tertiary/aromatic N) is 2. The van der Waals surface area contributed by atoms with E-state index in [2.05, 4.69) is 0 Å². The quantitative estimate of drug-likeness (QED) is 0.360. The second-order valence-electron chi connectivity index (χ2n) is 10.4. The van der Waals surface area contributed by atoms with Gasteiger partial charge in [-0.25, -0.2) is 0 Å². The Labute approximate surface area is 221 Å². The molecule has 6 rings (SSSR count). The summed E-state index contributed by atoms with van der Waals surface area (Å²) < 4.78 is 12.1. The molecule has 198 valence electrons. The van der Waals surface area contributed by atoms with Crippen LogP contribution in [0.1, 0.15) is 25.7 Å². The number of unbranched alkanes of at least 4 members (excludes halogenated alkanes) is 2. The molecule has 2 fully saturated rings. The number of anilines is 1. The first-order valence-corrected chi connectivity index (χ1v) is 13.5. The average Bonchev–Trinajstić information content (AvgIpc) is 3.29. The molecule has 2 aromatic carbocycles. The van der Waals surface area contributed by atoms with Crippen molar-refractivity contribution in [2.45, 2.75) is 43.4 Å². The predicted molar refractivity (Wildman–Crippen MR) is 141 cm³/mol. The molecule has 0 radical (unpaired) electrons. The fraction of sp³-hybridized carbons (Fsp3) is 0.433. The summed E-state index contributed by atoms with van der Waals surface area (Å²) in [7, 11) is 0. The third kappa shape index (κ3) is 3.94. The first-order chi connectivity index (χ1) is 18.5. The van der Waals surface area contributed by atoms with Gasteiger partial charge in [0, 0.05) is 25.4 Å². The normalized spacial score (nSPS) is 30.5. The van der Waals surface area contributed by atoms with Gasteiger partial charge in [-0.05, 0) is 48.6 Å². The molecule has 2 amide bonds. The van der Waals surface area contributed by atoms with Crippen LogP contribution in [-0.4, -0.2) is 71.8 Å². The maximum atomic E-state index is 14.4. The third-order valence-electron chi connectivity index (χ3n) is 8.22. The number of ether oxygens (including phenoxy) is 2. The molecule has 8 nitrogen and oxygen atoms in total. The first-order valence-electron chi connectivity index (χ1n) is 13.5. The molecule has 0 aliphatic carbocycles. The molecule has 0 bridgehead atoms. The number of aliphatic hydroxyl groups excluding tert-OH is 1. The van der Waals surface area contributed by atoms with Crippen LogP contribution in [0.25, 0.3) is 10.8 Å². The monoisotopic (exact) mass is 516 g/mol. The highest BCUT2D eigenvalue weighted by Crippen LogP contribution is 2.53. The van der Waals surface area contributed by atoms with Gasteiger partial charge in [-0.3, -0.25) is 14.4 Å². The van der Waals surface area contributed by atoms with Crippen LogP contribution in [0.2, 0.25) is 0 Å². The predicted octanol–water partition coefficient (Wildman–Crippen LogP) is 2.99.